The van der Waals surface area contributed by atoms with Crippen molar-refractivity contribution in [2.45, 2.75) is 19.8 Å². The van der Waals surface area contributed by atoms with Gasteiger partial charge in [0, 0.05) is 5.92 Å². The van der Waals surface area contributed by atoms with Crippen molar-refractivity contribution in [1.29, 1.82) is 0 Å². The van der Waals surface area contributed by atoms with Crippen LogP contribution in [0.3, 0.4) is 0 Å². The number of amides is 1. The van der Waals surface area contributed by atoms with E-state index < -0.39 is 0 Å². The Balaban J connectivity index is 1.71. The van der Waals surface area contributed by atoms with E-state index in [-0.39, 0.29) is 11.8 Å². The summed E-state index contributed by atoms with van der Waals surface area (Å²) in [6.45, 7) is 1.89. The van der Waals surface area contributed by atoms with E-state index in [1.165, 1.54) is 11.1 Å². The monoisotopic (exact) mass is 241 g/mol. The molecule has 2 aromatic rings. The van der Waals surface area contributed by atoms with E-state index in [0.29, 0.717) is 0 Å². The Morgan fingerprint density at radius 3 is 2.56 bits per heavy atom. The predicted molar refractivity (Wildman–Crippen MR) is 69.3 cm³/mol. The molecule has 0 saturated heterocycles. The van der Waals surface area contributed by atoms with Crippen LogP contribution in [0.2, 0.25) is 0 Å². The smallest absolute Gasteiger partial charge is 0.228 e. The number of carbonyl (C=O) groups is 1. The first-order valence-corrected chi connectivity index (χ1v) is 6.11. The van der Waals surface area contributed by atoms with Crippen molar-refractivity contribution in [2.24, 2.45) is 5.92 Å². The topological polar surface area (TPSA) is 57.8 Å². The molecule has 1 aromatic carbocycles. The highest BCUT2D eigenvalue weighted by atomic mass is 16.1. The summed E-state index contributed by atoms with van der Waals surface area (Å²) in [5.74, 6) is 0.118. The Bertz CT molecular complexity index is 563. The summed E-state index contributed by atoms with van der Waals surface area (Å²) in [6.07, 6.45) is 3.31. The fourth-order valence-corrected chi connectivity index (χ4v) is 2.46. The third kappa shape index (κ3) is 1.90. The molecule has 4 nitrogen and oxygen atoms in total. The fourth-order valence-electron chi connectivity index (χ4n) is 2.46. The van der Waals surface area contributed by atoms with Crippen molar-refractivity contribution < 1.29 is 4.79 Å². The van der Waals surface area contributed by atoms with Crippen molar-refractivity contribution in [3.63, 3.8) is 0 Å². The number of benzene rings is 1. The Morgan fingerprint density at radius 2 is 2.00 bits per heavy atom. The lowest BCUT2D eigenvalue weighted by Gasteiger charge is -2.09. The Kier molecular flexibility index (Phi) is 2.63. The minimum absolute atomic E-state index is 0.0386. The molecular formula is C14H15N3O. The second-order valence-corrected chi connectivity index (χ2v) is 4.77. The third-order valence-corrected chi connectivity index (χ3v) is 3.51. The van der Waals surface area contributed by atoms with E-state index in [2.05, 4.69) is 27.6 Å². The van der Waals surface area contributed by atoms with Crippen molar-refractivity contribution >= 4 is 11.6 Å². The number of aromatic amines is 1. The summed E-state index contributed by atoms with van der Waals surface area (Å²) in [6, 6.07) is 8.26. The molecule has 0 saturated carbocycles. The number of rotatable bonds is 2. The Hall–Kier alpha value is -2.10. The summed E-state index contributed by atoms with van der Waals surface area (Å²) in [4.78, 5) is 12.2. The summed E-state index contributed by atoms with van der Waals surface area (Å²) >= 11 is 0. The number of aryl methyl sites for hydroxylation is 1. The molecule has 18 heavy (non-hydrogen) atoms. The third-order valence-electron chi connectivity index (χ3n) is 3.51. The summed E-state index contributed by atoms with van der Waals surface area (Å²) in [7, 11) is 0. The molecule has 0 bridgehead atoms. The van der Waals surface area contributed by atoms with Crippen LogP contribution in [0.1, 0.15) is 16.8 Å². The lowest BCUT2D eigenvalue weighted by atomic mass is 10.1. The van der Waals surface area contributed by atoms with Crippen LogP contribution in [0.4, 0.5) is 5.69 Å². The second-order valence-electron chi connectivity index (χ2n) is 4.77. The number of nitrogens with zero attached hydrogens (tertiary/aromatic N) is 1. The molecule has 4 heteroatoms. The van der Waals surface area contributed by atoms with Gasteiger partial charge in [-0.25, -0.2) is 0 Å². The number of carbonyl (C=O) groups excluding carboxylic acids is 1. The molecule has 0 atom stereocenters. The van der Waals surface area contributed by atoms with E-state index >= 15 is 0 Å². The normalized spacial score (nSPS) is 14.5. The molecule has 0 unspecified atom stereocenters. The molecule has 1 heterocycles. The standard InChI is InChI=1S/C14H15N3O/c1-9-13(8-15-17-9)16-14(18)12-6-10-4-2-3-5-11(10)7-12/h2-5,8,12H,6-7H2,1H3,(H,15,17)(H,16,18). The molecule has 3 rings (SSSR count). The average molecular weight is 241 g/mol. The van der Waals surface area contributed by atoms with Gasteiger partial charge in [0.15, 0.2) is 0 Å². The highest BCUT2D eigenvalue weighted by Crippen LogP contribution is 2.27. The zero-order valence-corrected chi connectivity index (χ0v) is 10.2. The van der Waals surface area contributed by atoms with Gasteiger partial charge >= 0.3 is 0 Å². The first kappa shape index (κ1) is 11.0. The Morgan fingerprint density at radius 1 is 1.33 bits per heavy atom. The molecule has 0 radical (unpaired) electrons. The lowest BCUT2D eigenvalue weighted by Crippen LogP contribution is -2.23. The van der Waals surface area contributed by atoms with Gasteiger partial charge in [-0.3, -0.25) is 9.89 Å². The number of aromatic nitrogens is 2. The van der Waals surface area contributed by atoms with Gasteiger partial charge in [0.1, 0.15) is 0 Å². The van der Waals surface area contributed by atoms with Crippen LogP contribution in [0.15, 0.2) is 30.5 Å². The van der Waals surface area contributed by atoms with Gasteiger partial charge in [-0.2, -0.15) is 5.10 Å². The minimum Gasteiger partial charge on any atom is -0.323 e. The van der Waals surface area contributed by atoms with Crippen LogP contribution < -0.4 is 5.32 Å². The summed E-state index contributed by atoms with van der Waals surface area (Å²) < 4.78 is 0. The van der Waals surface area contributed by atoms with E-state index in [0.717, 1.165) is 24.2 Å². The van der Waals surface area contributed by atoms with E-state index in [4.69, 9.17) is 0 Å². The van der Waals surface area contributed by atoms with Gasteiger partial charge in [0.25, 0.3) is 0 Å². The van der Waals surface area contributed by atoms with Crippen LogP contribution in [0, 0.1) is 12.8 Å². The molecular weight excluding hydrogens is 226 g/mol. The largest absolute Gasteiger partial charge is 0.323 e. The highest BCUT2D eigenvalue weighted by Gasteiger charge is 2.27. The van der Waals surface area contributed by atoms with E-state index in [1.807, 2.05) is 19.1 Å². The summed E-state index contributed by atoms with van der Waals surface area (Å²) in [5, 5.41) is 9.65. The average Bonchev–Trinajstić information content (AvgIpc) is 2.96. The highest BCUT2D eigenvalue weighted by molar-refractivity contribution is 5.93. The molecule has 1 amide bonds. The first-order chi connectivity index (χ1) is 8.74. The molecule has 0 spiro atoms. The zero-order valence-electron chi connectivity index (χ0n) is 10.2. The lowest BCUT2D eigenvalue weighted by molar-refractivity contribution is -0.119. The van der Waals surface area contributed by atoms with Crippen molar-refractivity contribution in [1.82, 2.24) is 10.2 Å². The van der Waals surface area contributed by atoms with Crippen LogP contribution in [-0.2, 0) is 17.6 Å². The number of anilines is 1. The van der Waals surface area contributed by atoms with Gasteiger partial charge in [0.2, 0.25) is 5.91 Å². The SMILES string of the molecule is Cc1[nH]ncc1NC(=O)C1Cc2ccccc2C1. The maximum atomic E-state index is 12.2. The first-order valence-electron chi connectivity index (χ1n) is 6.11. The molecule has 92 valence electrons. The number of H-pyrrole nitrogens is 1. The van der Waals surface area contributed by atoms with E-state index in [1.54, 1.807) is 6.20 Å². The van der Waals surface area contributed by atoms with Gasteiger partial charge in [-0.1, -0.05) is 24.3 Å². The number of hydrogen-bond donors (Lipinski definition) is 2. The van der Waals surface area contributed by atoms with Gasteiger partial charge in [0.05, 0.1) is 17.6 Å². The van der Waals surface area contributed by atoms with Gasteiger partial charge in [-0.15, -0.1) is 0 Å². The van der Waals surface area contributed by atoms with Crippen LogP contribution in [0.5, 0.6) is 0 Å². The fraction of sp³-hybridized carbons (Fsp3) is 0.286. The van der Waals surface area contributed by atoms with Crippen LogP contribution >= 0.6 is 0 Å². The Labute approximate surface area is 105 Å². The molecule has 0 fully saturated rings. The minimum atomic E-state index is 0.0386. The molecule has 1 aliphatic carbocycles. The van der Waals surface area contributed by atoms with Gasteiger partial charge < -0.3 is 5.32 Å². The van der Waals surface area contributed by atoms with Crippen LogP contribution in [0.25, 0.3) is 0 Å². The maximum absolute atomic E-state index is 12.2. The predicted octanol–water partition coefficient (Wildman–Crippen LogP) is 2.07. The van der Waals surface area contributed by atoms with Gasteiger partial charge in [-0.05, 0) is 30.9 Å². The quantitative estimate of drug-likeness (QED) is 0.845. The number of nitrogens with one attached hydrogen (secondary N) is 2. The second kappa shape index (κ2) is 4.29. The van der Waals surface area contributed by atoms with E-state index in [9.17, 15) is 4.79 Å². The molecule has 2 N–H and O–H groups in total. The molecule has 1 aliphatic rings. The van der Waals surface area contributed by atoms with Crippen LogP contribution in [-0.4, -0.2) is 16.1 Å². The molecule has 1 aromatic heterocycles. The maximum Gasteiger partial charge on any atom is 0.228 e. The van der Waals surface area contributed by atoms with Crippen molar-refractivity contribution in [3.8, 4) is 0 Å². The number of fused-ring (bicyclic) bond motifs is 1. The van der Waals surface area contributed by atoms with Crippen molar-refractivity contribution in [3.05, 3.63) is 47.3 Å². The zero-order chi connectivity index (χ0) is 12.5. The number of hydrogen-bond acceptors (Lipinski definition) is 2. The molecule has 0 aliphatic heterocycles. The summed E-state index contributed by atoms with van der Waals surface area (Å²) in [5.41, 5.74) is 4.25. The van der Waals surface area contributed by atoms with Crippen molar-refractivity contribution in [2.75, 3.05) is 5.32 Å².